The van der Waals surface area contributed by atoms with Crippen LogP contribution in [-0.2, 0) is 42.2 Å². The van der Waals surface area contributed by atoms with Crippen LogP contribution in [0.15, 0.2) is 40.4 Å². The number of rotatable bonds is 7. The summed E-state index contributed by atoms with van der Waals surface area (Å²) in [7, 11) is 3.16. The normalized spacial score (nSPS) is 17.1. The Labute approximate surface area is 223 Å². The van der Waals surface area contributed by atoms with Crippen molar-refractivity contribution in [1.29, 1.82) is 0 Å². The lowest BCUT2D eigenvalue weighted by atomic mass is 9.87. The summed E-state index contributed by atoms with van der Waals surface area (Å²) in [4.78, 5) is 35.2. The van der Waals surface area contributed by atoms with Crippen molar-refractivity contribution in [1.82, 2.24) is 9.21 Å². The van der Waals surface area contributed by atoms with Crippen molar-refractivity contribution < 1.29 is 27.6 Å². The summed E-state index contributed by atoms with van der Waals surface area (Å²) in [6.07, 6.45) is 0.771. The molecule has 0 fully saturated rings. The van der Waals surface area contributed by atoms with E-state index in [1.54, 1.807) is 43.1 Å². The summed E-state index contributed by atoms with van der Waals surface area (Å²) >= 11 is 0. The molecule has 2 aromatic rings. The Morgan fingerprint density at radius 3 is 2.37 bits per heavy atom. The summed E-state index contributed by atoms with van der Waals surface area (Å²) in [5, 5.41) is 4.17. The molecule has 0 unspecified atom stereocenters. The summed E-state index contributed by atoms with van der Waals surface area (Å²) in [5.74, 6) is -0.913. The lowest BCUT2D eigenvalue weighted by Gasteiger charge is -2.30. The number of sulfonamides is 1. The molecule has 4 rings (SSSR count). The van der Waals surface area contributed by atoms with Gasteiger partial charge in [0.05, 0.1) is 17.2 Å². The van der Waals surface area contributed by atoms with Crippen molar-refractivity contribution in [2.24, 2.45) is 5.16 Å². The monoisotopic (exact) mass is 542 g/mol. The molecule has 10 nitrogen and oxygen atoms in total. The Morgan fingerprint density at radius 1 is 1.11 bits per heavy atom. The molecular formula is C27H34N4O6S. The van der Waals surface area contributed by atoms with E-state index in [9.17, 15) is 18.0 Å². The van der Waals surface area contributed by atoms with Crippen LogP contribution in [0.1, 0.15) is 37.5 Å². The summed E-state index contributed by atoms with van der Waals surface area (Å²) in [5.41, 5.74) is 3.95. The van der Waals surface area contributed by atoms with Crippen LogP contribution in [0, 0.1) is 0 Å². The number of carbonyl (C=O) groups excluding carboxylic acids is 2. The smallest absolute Gasteiger partial charge is 0.352 e. The van der Waals surface area contributed by atoms with Crippen LogP contribution < -0.4 is 4.90 Å². The molecule has 204 valence electrons. The number of ether oxygens (including phenoxy) is 1. The van der Waals surface area contributed by atoms with Gasteiger partial charge in [-0.2, -0.15) is 0 Å². The molecule has 0 aromatic heterocycles. The molecule has 0 N–H and O–H groups in total. The molecule has 2 aliphatic heterocycles. The van der Waals surface area contributed by atoms with Gasteiger partial charge in [0.15, 0.2) is 5.71 Å². The van der Waals surface area contributed by atoms with E-state index in [1.165, 1.54) is 32.2 Å². The lowest BCUT2D eigenvalue weighted by Crippen LogP contribution is -2.36. The fraction of sp³-hybridized carbons (Fsp3) is 0.444. The fourth-order valence-electron chi connectivity index (χ4n) is 4.68. The van der Waals surface area contributed by atoms with Crippen molar-refractivity contribution >= 4 is 33.3 Å². The number of benzene rings is 2. The topological polar surface area (TPSA) is 109 Å². The molecule has 0 atom stereocenters. The van der Waals surface area contributed by atoms with E-state index in [0.717, 1.165) is 40.9 Å². The van der Waals surface area contributed by atoms with Crippen LogP contribution in [0.3, 0.4) is 0 Å². The number of hydrogen-bond donors (Lipinski definition) is 0. The molecule has 2 aliphatic rings. The van der Waals surface area contributed by atoms with Gasteiger partial charge in [-0.05, 0) is 74.7 Å². The maximum absolute atomic E-state index is 13.3. The number of amides is 1. The molecule has 0 radical (unpaired) electrons. The van der Waals surface area contributed by atoms with Gasteiger partial charge in [-0.3, -0.25) is 4.79 Å². The highest BCUT2D eigenvalue weighted by molar-refractivity contribution is 7.89. The maximum atomic E-state index is 13.3. The average molecular weight is 543 g/mol. The molecule has 0 saturated heterocycles. The first kappa shape index (κ1) is 27.7. The minimum absolute atomic E-state index is 0.101. The molecule has 11 heteroatoms. The highest BCUT2D eigenvalue weighted by Crippen LogP contribution is 2.42. The predicted molar refractivity (Wildman–Crippen MR) is 145 cm³/mol. The number of nitrogens with zero attached hydrogens (tertiary/aromatic N) is 4. The van der Waals surface area contributed by atoms with E-state index < -0.39 is 21.6 Å². The molecule has 1 amide bonds. The van der Waals surface area contributed by atoms with E-state index >= 15 is 0 Å². The van der Waals surface area contributed by atoms with E-state index in [4.69, 9.17) is 9.57 Å². The van der Waals surface area contributed by atoms with Gasteiger partial charge in [0, 0.05) is 39.8 Å². The highest BCUT2D eigenvalue weighted by Gasteiger charge is 2.39. The first-order valence-corrected chi connectivity index (χ1v) is 13.9. The van der Waals surface area contributed by atoms with Gasteiger partial charge in [0.25, 0.3) is 5.91 Å². The number of anilines is 1. The van der Waals surface area contributed by atoms with Crippen LogP contribution in [0.2, 0.25) is 0 Å². The highest BCUT2D eigenvalue weighted by atomic mass is 32.2. The van der Waals surface area contributed by atoms with Crippen LogP contribution in [-0.4, -0.2) is 82.2 Å². The molecule has 0 spiro atoms. The molecule has 0 bridgehead atoms. The summed E-state index contributed by atoms with van der Waals surface area (Å²) in [6, 6.07) is 8.67. The van der Waals surface area contributed by atoms with Gasteiger partial charge in [0.2, 0.25) is 15.6 Å². The molecule has 2 aromatic carbocycles. The number of fused-ring (bicyclic) bond motifs is 3. The van der Waals surface area contributed by atoms with Crippen molar-refractivity contribution in [2.45, 2.75) is 44.2 Å². The maximum Gasteiger partial charge on any atom is 0.352 e. The van der Waals surface area contributed by atoms with Crippen LogP contribution in [0.25, 0.3) is 11.1 Å². The van der Waals surface area contributed by atoms with Gasteiger partial charge in [0.1, 0.15) is 0 Å². The van der Waals surface area contributed by atoms with Gasteiger partial charge in [-0.1, -0.05) is 17.3 Å². The lowest BCUT2D eigenvalue weighted by molar-refractivity contribution is -0.167. The summed E-state index contributed by atoms with van der Waals surface area (Å²) < 4.78 is 31.4. The van der Waals surface area contributed by atoms with E-state index in [-0.39, 0.29) is 23.1 Å². The third-order valence-electron chi connectivity index (χ3n) is 6.86. The first-order valence-electron chi connectivity index (χ1n) is 12.4. The zero-order valence-corrected chi connectivity index (χ0v) is 23.7. The second kappa shape index (κ2) is 10.1. The minimum Gasteiger partial charge on any atom is -0.463 e. The van der Waals surface area contributed by atoms with Gasteiger partial charge < -0.3 is 19.4 Å². The number of likely N-dealkylation sites (N-methyl/N-ethyl adjacent to an activating group) is 2. The van der Waals surface area contributed by atoms with E-state index in [1.807, 2.05) is 13.1 Å². The zero-order valence-electron chi connectivity index (χ0n) is 22.9. The fourth-order valence-corrected chi connectivity index (χ4v) is 5.58. The first-order chi connectivity index (χ1) is 17.8. The Hall–Kier alpha value is -3.28. The quantitative estimate of drug-likeness (QED) is 0.391. The zero-order chi connectivity index (χ0) is 28.0. The van der Waals surface area contributed by atoms with Crippen molar-refractivity contribution in [3.63, 3.8) is 0 Å². The Balaban J connectivity index is 1.85. The van der Waals surface area contributed by atoms with E-state index in [2.05, 4.69) is 10.1 Å². The van der Waals surface area contributed by atoms with Crippen LogP contribution in [0.5, 0.6) is 0 Å². The van der Waals surface area contributed by atoms with E-state index in [0.29, 0.717) is 12.1 Å². The Morgan fingerprint density at radius 2 is 1.76 bits per heavy atom. The van der Waals surface area contributed by atoms with Crippen LogP contribution >= 0.6 is 0 Å². The number of hydrogen-bond acceptors (Lipinski definition) is 8. The van der Waals surface area contributed by atoms with Crippen molar-refractivity contribution in [3.8, 4) is 11.1 Å². The standard InChI is InChI=1S/C27H34N4O6S/c1-8-36-26(33)27(2,3)37-28-23-21-15-20(17-9-11-18(12-10-17)38(34,35)29(4)5)19-13-14-30(6)16-22(19)24(21)31(7)25(23)32/h9-12,15H,8,13-14,16H2,1-7H3/b28-23-. The largest absolute Gasteiger partial charge is 0.463 e. The molecular weight excluding hydrogens is 508 g/mol. The second-order valence-corrected chi connectivity index (χ2v) is 12.4. The SMILES string of the molecule is CCOC(=O)C(C)(C)O/N=C1\C(=O)N(C)c2c1cc(-c1ccc(S(=O)(=O)N(C)C)cc1)c1c2CN(C)CC1. The molecule has 38 heavy (non-hydrogen) atoms. The second-order valence-electron chi connectivity index (χ2n) is 10.2. The third-order valence-corrected chi connectivity index (χ3v) is 8.69. The number of carbonyl (C=O) groups is 2. The number of esters is 1. The minimum atomic E-state index is -3.56. The third kappa shape index (κ3) is 4.81. The van der Waals surface area contributed by atoms with Crippen molar-refractivity contribution in [3.05, 3.63) is 47.0 Å². The van der Waals surface area contributed by atoms with Gasteiger partial charge in [-0.15, -0.1) is 0 Å². The molecule has 2 heterocycles. The Bertz CT molecular complexity index is 1410. The molecule has 0 saturated carbocycles. The Kier molecular flexibility index (Phi) is 7.39. The number of oxime groups is 1. The van der Waals surface area contributed by atoms with Gasteiger partial charge >= 0.3 is 5.97 Å². The van der Waals surface area contributed by atoms with Crippen LogP contribution in [0.4, 0.5) is 5.69 Å². The summed E-state index contributed by atoms with van der Waals surface area (Å²) in [6.45, 7) is 6.46. The van der Waals surface area contributed by atoms with Gasteiger partial charge in [-0.25, -0.2) is 17.5 Å². The van der Waals surface area contributed by atoms with Crippen molar-refractivity contribution in [2.75, 3.05) is 46.2 Å². The molecule has 0 aliphatic carbocycles. The average Bonchev–Trinajstić information content (AvgIpc) is 3.11. The predicted octanol–water partition coefficient (Wildman–Crippen LogP) is 2.63.